The molecule has 6 rings (SSSR count). The summed E-state index contributed by atoms with van der Waals surface area (Å²) in [5.41, 5.74) is 1.61. The minimum Gasteiger partial charge on any atom is -0.379 e. The first-order valence-electron chi connectivity index (χ1n) is 14.8. The zero-order valence-corrected chi connectivity index (χ0v) is 23.5. The Morgan fingerprint density at radius 3 is 2.41 bits per heavy atom. The second-order valence-corrected chi connectivity index (χ2v) is 11.4. The van der Waals surface area contributed by atoms with E-state index in [4.69, 9.17) is 5.10 Å². The highest BCUT2D eigenvalue weighted by Gasteiger charge is 2.28. The van der Waals surface area contributed by atoms with Gasteiger partial charge in [-0.15, -0.1) is 5.10 Å². The molecule has 0 aromatic carbocycles. The van der Waals surface area contributed by atoms with Crippen LogP contribution in [0, 0.1) is 11.7 Å². The molecule has 218 valence electrons. The number of rotatable bonds is 9. The standard InChI is InChI=1S/C29H38FN9O2/c1-2-37-11-13-38(14-12-37)27(40)15-19-3-5-21(6-4-19)34-26-16-24(33-20-7-8-20)28-32-18-25(39(28)36-26)29(41)35-23-9-10-31-17-22(23)30/h9-10,16-21,33H,2-8,11-15H2,1H3,(H,34,36)(H,31,35,41). The summed E-state index contributed by atoms with van der Waals surface area (Å²) in [6.45, 7) is 6.81. The van der Waals surface area contributed by atoms with E-state index in [1.165, 1.54) is 23.0 Å². The molecule has 4 heterocycles. The van der Waals surface area contributed by atoms with Crippen LogP contribution in [-0.4, -0.2) is 86.0 Å². The van der Waals surface area contributed by atoms with Gasteiger partial charge in [0.15, 0.2) is 17.2 Å². The largest absolute Gasteiger partial charge is 0.379 e. The van der Waals surface area contributed by atoms with Crippen molar-refractivity contribution in [2.45, 2.75) is 64.0 Å². The molecule has 41 heavy (non-hydrogen) atoms. The van der Waals surface area contributed by atoms with Crippen LogP contribution in [0.3, 0.4) is 0 Å². The number of nitrogens with zero attached hydrogens (tertiary/aromatic N) is 6. The molecule has 2 saturated carbocycles. The molecule has 1 saturated heterocycles. The second kappa shape index (κ2) is 12.0. The molecular weight excluding hydrogens is 525 g/mol. The summed E-state index contributed by atoms with van der Waals surface area (Å²) < 4.78 is 15.6. The summed E-state index contributed by atoms with van der Waals surface area (Å²) in [5.74, 6) is 0.224. The van der Waals surface area contributed by atoms with E-state index >= 15 is 0 Å². The van der Waals surface area contributed by atoms with Crippen LogP contribution in [0.15, 0.2) is 30.7 Å². The highest BCUT2D eigenvalue weighted by Crippen LogP contribution is 2.32. The Morgan fingerprint density at radius 2 is 1.71 bits per heavy atom. The monoisotopic (exact) mass is 563 g/mol. The maximum atomic E-state index is 14.1. The molecule has 0 unspecified atom stereocenters. The lowest BCUT2D eigenvalue weighted by Gasteiger charge is -2.35. The number of anilines is 3. The van der Waals surface area contributed by atoms with Crippen LogP contribution >= 0.6 is 0 Å². The summed E-state index contributed by atoms with van der Waals surface area (Å²) in [5, 5.41) is 14.4. The lowest BCUT2D eigenvalue weighted by molar-refractivity contribution is -0.134. The molecule has 0 atom stereocenters. The molecule has 0 spiro atoms. The number of pyridine rings is 1. The van der Waals surface area contributed by atoms with Crippen molar-refractivity contribution in [3.63, 3.8) is 0 Å². The highest BCUT2D eigenvalue weighted by atomic mass is 19.1. The highest BCUT2D eigenvalue weighted by molar-refractivity contribution is 6.03. The van der Waals surface area contributed by atoms with Gasteiger partial charge in [0.1, 0.15) is 5.82 Å². The Morgan fingerprint density at radius 1 is 0.976 bits per heavy atom. The Hall–Kier alpha value is -3.80. The van der Waals surface area contributed by atoms with E-state index < -0.39 is 11.7 Å². The van der Waals surface area contributed by atoms with Crippen molar-refractivity contribution in [3.05, 3.63) is 42.2 Å². The normalized spacial score (nSPS) is 21.6. The lowest BCUT2D eigenvalue weighted by atomic mass is 9.83. The summed E-state index contributed by atoms with van der Waals surface area (Å²) >= 11 is 0. The quantitative estimate of drug-likeness (QED) is 0.361. The van der Waals surface area contributed by atoms with Crippen molar-refractivity contribution < 1.29 is 14.0 Å². The summed E-state index contributed by atoms with van der Waals surface area (Å²) in [4.78, 5) is 38.6. The predicted octanol–water partition coefficient (Wildman–Crippen LogP) is 3.61. The smallest absolute Gasteiger partial charge is 0.276 e. The zero-order valence-electron chi connectivity index (χ0n) is 23.5. The number of hydrogen-bond acceptors (Lipinski definition) is 8. The Balaban J connectivity index is 1.11. The number of amides is 2. The van der Waals surface area contributed by atoms with Crippen LogP contribution in [0.2, 0.25) is 0 Å². The molecule has 3 aromatic heterocycles. The Labute approximate surface area is 238 Å². The van der Waals surface area contributed by atoms with Gasteiger partial charge in [0.05, 0.1) is 23.8 Å². The average Bonchev–Trinajstić information content (AvgIpc) is 3.70. The van der Waals surface area contributed by atoms with E-state index in [1.54, 1.807) is 0 Å². The predicted molar refractivity (Wildman–Crippen MR) is 154 cm³/mol. The van der Waals surface area contributed by atoms with Gasteiger partial charge in [0.2, 0.25) is 5.91 Å². The topological polar surface area (TPSA) is 120 Å². The number of carbonyl (C=O) groups is 2. The van der Waals surface area contributed by atoms with Crippen LogP contribution < -0.4 is 16.0 Å². The second-order valence-electron chi connectivity index (χ2n) is 11.4. The molecule has 12 heteroatoms. The molecule has 2 amide bonds. The molecular formula is C29H38FN9O2. The number of halogens is 1. The number of fused-ring (bicyclic) bond motifs is 1. The first-order valence-corrected chi connectivity index (χ1v) is 14.8. The fourth-order valence-electron chi connectivity index (χ4n) is 5.82. The number of likely N-dealkylation sites (N-methyl/N-ethyl adjacent to an activating group) is 1. The SMILES string of the molecule is CCN1CCN(C(=O)CC2CCC(Nc3cc(NC4CC4)c4ncc(C(=O)Nc5ccncc5F)n4n3)CC2)CC1. The molecule has 1 aliphatic heterocycles. The van der Waals surface area contributed by atoms with Gasteiger partial charge in [-0.3, -0.25) is 14.6 Å². The average molecular weight is 564 g/mol. The van der Waals surface area contributed by atoms with Crippen LogP contribution in [0.1, 0.15) is 62.4 Å². The first kappa shape index (κ1) is 27.4. The van der Waals surface area contributed by atoms with E-state index in [1.807, 2.05) is 11.0 Å². The molecule has 0 radical (unpaired) electrons. The summed E-state index contributed by atoms with van der Waals surface area (Å²) in [6.07, 6.45) is 10.6. The molecule has 3 N–H and O–H groups in total. The number of aromatic nitrogens is 4. The number of imidazole rings is 1. The molecule has 3 fully saturated rings. The van der Waals surface area contributed by atoms with Gasteiger partial charge >= 0.3 is 0 Å². The van der Waals surface area contributed by atoms with E-state index in [0.717, 1.165) is 83.1 Å². The van der Waals surface area contributed by atoms with Gasteiger partial charge in [-0.1, -0.05) is 6.92 Å². The number of hydrogen-bond donors (Lipinski definition) is 3. The van der Waals surface area contributed by atoms with Crippen molar-refractivity contribution in [1.82, 2.24) is 29.4 Å². The van der Waals surface area contributed by atoms with E-state index in [0.29, 0.717) is 29.8 Å². The van der Waals surface area contributed by atoms with E-state index in [-0.39, 0.29) is 23.3 Å². The molecule has 3 aromatic rings. The molecule has 0 bridgehead atoms. The van der Waals surface area contributed by atoms with E-state index in [9.17, 15) is 14.0 Å². The van der Waals surface area contributed by atoms with E-state index in [2.05, 4.69) is 37.7 Å². The third kappa shape index (κ3) is 6.42. The maximum Gasteiger partial charge on any atom is 0.276 e. The fourth-order valence-corrected chi connectivity index (χ4v) is 5.82. The van der Waals surface area contributed by atoms with Crippen LogP contribution in [0.5, 0.6) is 0 Å². The van der Waals surface area contributed by atoms with Crippen molar-refractivity contribution in [2.75, 3.05) is 48.7 Å². The fraction of sp³-hybridized carbons (Fsp3) is 0.552. The molecule has 2 aliphatic carbocycles. The Kier molecular flexibility index (Phi) is 8.00. The third-order valence-electron chi connectivity index (χ3n) is 8.49. The van der Waals surface area contributed by atoms with Crippen LogP contribution in [0.4, 0.5) is 21.6 Å². The number of nitrogens with one attached hydrogen (secondary N) is 3. The van der Waals surface area contributed by atoms with Gasteiger partial charge < -0.3 is 25.8 Å². The number of piperazine rings is 1. The van der Waals surface area contributed by atoms with Crippen molar-refractivity contribution in [1.29, 1.82) is 0 Å². The van der Waals surface area contributed by atoms with Crippen molar-refractivity contribution in [2.24, 2.45) is 5.92 Å². The number of carbonyl (C=O) groups excluding carboxylic acids is 2. The summed E-state index contributed by atoms with van der Waals surface area (Å²) in [7, 11) is 0. The summed E-state index contributed by atoms with van der Waals surface area (Å²) in [6, 6.07) is 3.97. The van der Waals surface area contributed by atoms with Gasteiger partial charge in [-0.2, -0.15) is 0 Å². The minimum absolute atomic E-state index is 0.0454. The first-order chi connectivity index (χ1) is 20.0. The van der Waals surface area contributed by atoms with Gasteiger partial charge in [-0.05, 0) is 57.1 Å². The minimum atomic E-state index is -0.613. The maximum absolute atomic E-state index is 14.1. The van der Waals surface area contributed by atoms with Gasteiger partial charge in [-0.25, -0.2) is 13.9 Å². The zero-order chi connectivity index (χ0) is 28.3. The Bertz CT molecular complexity index is 1390. The van der Waals surface area contributed by atoms with Gasteiger partial charge in [0, 0.05) is 56.9 Å². The third-order valence-corrected chi connectivity index (χ3v) is 8.49. The van der Waals surface area contributed by atoms with Crippen molar-refractivity contribution in [3.8, 4) is 0 Å². The van der Waals surface area contributed by atoms with Crippen LogP contribution in [-0.2, 0) is 4.79 Å². The van der Waals surface area contributed by atoms with Crippen molar-refractivity contribution >= 4 is 34.7 Å². The lowest BCUT2D eigenvalue weighted by Crippen LogP contribution is -2.48. The van der Waals surface area contributed by atoms with Gasteiger partial charge in [0.25, 0.3) is 5.91 Å². The molecule has 3 aliphatic rings. The molecule has 11 nitrogen and oxygen atoms in total. The van der Waals surface area contributed by atoms with Crippen LogP contribution in [0.25, 0.3) is 5.65 Å².